The van der Waals surface area contributed by atoms with Gasteiger partial charge >= 0.3 is 11.9 Å². The third-order valence-corrected chi connectivity index (χ3v) is 8.54. The molecule has 0 amide bonds. The number of nitrogens with zero attached hydrogens (tertiary/aromatic N) is 1. The highest BCUT2D eigenvalue weighted by Crippen LogP contribution is 2.40. The van der Waals surface area contributed by atoms with Crippen LogP contribution in [0.5, 0.6) is 0 Å². The summed E-state index contributed by atoms with van der Waals surface area (Å²) in [5.74, 6) is -2.42. The van der Waals surface area contributed by atoms with Crippen molar-refractivity contribution in [2.75, 3.05) is 6.61 Å². The first kappa shape index (κ1) is 29.0. The van der Waals surface area contributed by atoms with E-state index in [-0.39, 0.29) is 59.2 Å². The fraction of sp³-hybridized carbons (Fsp3) is 0.111. The van der Waals surface area contributed by atoms with Crippen LogP contribution in [-0.4, -0.2) is 36.0 Å². The number of carbonyl (C=O) groups is 2. The van der Waals surface area contributed by atoms with Crippen molar-refractivity contribution < 1.29 is 27.9 Å². The van der Waals surface area contributed by atoms with Crippen molar-refractivity contribution in [3.8, 4) is 0 Å². The van der Waals surface area contributed by atoms with Crippen LogP contribution in [0.3, 0.4) is 0 Å². The summed E-state index contributed by atoms with van der Waals surface area (Å²) in [4.78, 5) is 25.7. The molecular formula is C27H19Cl4NO6S. The van der Waals surface area contributed by atoms with Crippen LogP contribution < -0.4 is 0 Å². The number of carboxylic acids is 1. The van der Waals surface area contributed by atoms with Crippen molar-refractivity contribution in [2.45, 2.75) is 18.7 Å². The van der Waals surface area contributed by atoms with Gasteiger partial charge in [-0.15, -0.1) is 0 Å². The number of carboxylic acid groups (broad SMARTS) is 1. The molecule has 39 heavy (non-hydrogen) atoms. The Morgan fingerprint density at radius 1 is 0.949 bits per heavy atom. The predicted octanol–water partition coefficient (Wildman–Crippen LogP) is 7.60. The second-order valence-electron chi connectivity index (χ2n) is 8.33. The Hall–Kier alpha value is -3.01. The largest absolute Gasteiger partial charge is 0.478 e. The summed E-state index contributed by atoms with van der Waals surface area (Å²) in [5.41, 5.74) is -0.0627. The van der Waals surface area contributed by atoms with Gasteiger partial charge in [0, 0.05) is 26.6 Å². The fourth-order valence-electron chi connectivity index (χ4n) is 4.04. The normalized spacial score (nSPS) is 12.1. The first-order valence-corrected chi connectivity index (χ1v) is 14.2. The molecule has 4 aromatic rings. The van der Waals surface area contributed by atoms with Crippen molar-refractivity contribution >= 4 is 90.9 Å². The van der Waals surface area contributed by atoms with Crippen LogP contribution in [-0.2, 0) is 19.6 Å². The Labute approximate surface area is 244 Å². The first-order chi connectivity index (χ1) is 18.4. The summed E-state index contributed by atoms with van der Waals surface area (Å²) in [7, 11) is -4.45. The van der Waals surface area contributed by atoms with E-state index in [1.807, 2.05) is 0 Å². The number of aliphatic carboxylic acids is 1. The molecule has 0 aliphatic heterocycles. The summed E-state index contributed by atoms with van der Waals surface area (Å²) < 4.78 is 34.0. The molecule has 0 saturated heterocycles. The minimum absolute atomic E-state index is 0.0147. The molecule has 0 saturated carbocycles. The van der Waals surface area contributed by atoms with E-state index >= 15 is 0 Å². The molecule has 0 atom stereocenters. The van der Waals surface area contributed by atoms with E-state index in [2.05, 4.69) is 0 Å². The average Bonchev–Trinajstić information content (AvgIpc) is 3.18. The monoisotopic (exact) mass is 625 g/mol. The minimum Gasteiger partial charge on any atom is -0.478 e. The van der Waals surface area contributed by atoms with Gasteiger partial charge in [0.05, 0.1) is 32.6 Å². The molecule has 0 radical (unpaired) electrons. The highest BCUT2D eigenvalue weighted by molar-refractivity contribution is 7.90. The van der Waals surface area contributed by atoms with Gasteiger partial charge in [-0.05, 0) is 56.3 Å². The summed E-state index contributed by atoms with van der Waals surface area (Å²) in [6, 6.07) is 12.9. The van der Waals surface area contributed by atoms with Gasteiger partial charge in [-0.25, -0.2) is 22.0 Å². The van der Waals surface area contributed by atoms with Crippen LogP contribution in [0.1, 0.15) is 34.1 Å². The van der Waals surface area contributed by atoms with Gasteiger partial charge in [-0.3, -0.25) is 0 Å². The molecule has 7 nitrogen and oxygen atoms in total. The van der Waals surface area contributed by atoms with Crippen LogP contribution in [0, 0.1) is 6.92 Å². The standard InChI is InChI=1S/C27H19Cl4NO6S/c1-3-38-27(35)25-20(13-19(26(33)34)18-9-6-15(28)10-21(18)30)24-22(31)11-16(29)12-23(24)32(25)39(36,37)17-7-4-14(2)5-8-17/h4-13H,3H2,1-2H3,(H,33,34)/b19-13+. The number of halogens is 4. The summed E-state index contributed by atoms with van der Waals surface area (Å²) >= 11 is 25.1. The number of carbonyl (C=O) groups excluding carboxylic acids is 1. The predicted molar refractivity (Wildman–Crippen MR) is 154 cm³/mol. The number of benzene rings is 3. The second-order valence-corrected chi connectivity index (χ2v) is 11.8. The number of aryl methyl sites for hydroxylation is 1. The van der Waals surface area contributed by atoms with E-state index in [9.17, 15) is 23.1 Å². The van der Waals surface area contributed by atoms with Crippen LogP contribution in [0.15, 0.2) is 59.5 Å². The summed E-state index contributed by atoms with van der Waals surface area (Å²) in [5, 5.41) is 10.6. The fourth-order valence-corrected chi connectivity index (χ4v) is 6.64. The van der Waals surface area contributed by atoms with Crippen molar-refractivity contribution in [2.24, 2.45) is 0 Å². The number of fused-ring (bicyclic) bond motifs is 1. The van der Waals surface area contributed by atoms with Crippen molar-refractivity contribution in [3.63, 3.8) is 0 Å². The number of hydrogen-bond donors (Lipinski definition) is 1. The smallest absolute Gasteiger partial charge is 0.356 e. The SMILES string of the molecule is CCOC(=O)c1c(/C=C(/C(=O)O)c2ccc(Cl)cc2Cl)c2c(Cl)cc(Cl)cc2n1S(=O)(=O)c1ccc(C)cc1. The third kappa shape index (κ3) is 5.53. The van der Waals surface area contributed by atoms with Gasteiger partial charge in [0.2, 0.25) is 0 Å². The Morgan fingerprint density at radius 3 is 2.18 bits per heavy atom. The molecule has 1 aromatic heterocycles. The van der Waals surface area contributed by atoms with Crippen LogP contribution in [0.2, 0.25) is 20.1 Å². The lowest BCUT2D eigenvalue weighted by Crippen LogP contribution is -2.20. The zero-order valence-electron chi connectivity index (χ0n) is 20.3. The molecule has 0 spiro atoms. The highest BCUT2D eigenvalue weighted by Gasteiger charge is 2.33. The lowest BCUT2D eigenvalue weighted by atomic mass is 10.0. The molecule has 3 aromatic carbocycles. The third-order valence-electron chi connectivity index (χ3n) is 5.75. The van der Waals surface area contributed by atoms with Gasteiger partial charge in [-0.2, -0.15) is 0 Å². The molecule has 202 valence electrons. The van der Waals surface area contributed by atoms with E-state index in [1.54, 1.807) is 26.0 Å². The molecule has 0 unspecified atom stereocenters. The van der Waals surface area contributed by atoms with E-state index in [0.717, 1.165) is 15.6 Å². The number of rotatable bonds is 7. The molecule has 0 aliphatic rings. The number of aromatic nitrogens is 1. The lowest BCUT2D eigenvalue weighted by molar-refractivity contribution is -0.130. The molecule has 4 rings (SSSR count). The molecule has 0 aliphatic carbocycles. The maximum atomic E-state index is 14.0. The van der Waals surface area contributed by atoms with Crippen molar-refractivity contribution in [3.05, 3.63) is 97.1 Å². The molecule has 12 heteroatoms. The Bertz CT molecular complexity index is 1780. The molecular weight excluding hydrogens is 608 g/mol. The second kappa shape index (κ2) is 11.2. The number of esters is 1. The molecule has 1 N–H and O–H groups in total. The molecule has 1 heterocycles. The van der Waals surface area contributed by atoms with Gasteiger partial charge in [-0.1, -0.05) is 70.2 Å². The zero-order valence-corrected chi connectivity index (χ0v) is 24.2. The topological polar surface area (TPSA) is 103 Å². The van der Waals surface area contributed by atoms with Gasteiger partial charge in [0.15, 0.2) is 5.69 Å². The summed E-state index contributed by atoms with van der Waals surface area (Å²) in [6.45, 7) is 3.26. The Balaban J connectivity index is 2.20. The molecule has 0 fully saturated rings. The van der Waals surface area contributed by atoms with E-state index in [1.165, 1.54) is 42.5 Å². The van der Waals surface area contributed by atoms with Gasteiger partial charge < -0.3 is 9.84 Å². The Kier molecular flexibility index (Phi) is 8.35. The van der Waals surface area contributed by atoms with Crippen LogP contribution >= 0.6 is 46.4 Å². The zero-order chi connectivity index (χ0) is 28.6. The van der Waals surface area contributed by atoms with E-state index in [4.69, 9.17) is 51.1 Å². The van der Waals surface area contributed by atoms with E-state index < -0.39 is 27.7 Å². The minimum atomic E-state index is -4.45. The van der Waals surface area contributed by atoms with Gasteiger partial charge in [0.1, 0.15) is 0 Å². The summed E-state index contributed by atoms with van der Waals surface area (Å²) in [6.07, 6.45) is 1.13. The van der Waals surface area contributed by atoms with Crippen LogP contribution in [0.25, 0.3) is 22.6 Å². The maximum Gasteiger partial charge on any atom is 0.356 e. The lowest BCUT2D eigenvalue weighted by Gasteiger charge is -2.13. The maximum absolute atomic E-state index is 14.0. The number of hydrogen-bond acceptors (Lipinski definition) is 5. The van der Waals surface area contributed by atoms with Crippen molar-refractivity contribution in [1.29, 1.82) is 0 Å². The first-order valence-electron chi connectivity index (χ1n) is 11.3. The van der Waals surface area contributed by atoms with E-state index in [0.29, 0.717) is 0 Å². The van der Waals surface area contributed by atoms with Crippen molar-refractivity contribution in [1.82, 2.24) is 3.97 Å². The highest BCUT2D eigenvalue weighted by atomic mass is 35.5. The molecule has 0 bridgehead atoms. The van der Waals surface area contributed by atoms with Gasteiger partial charge in [0.25, 0.3) is 10.0 Å². The quantitative estimate of drug-likeness (QED) is 0.167. The Morgan fingerprint density at radius 2 is 1.59 bits per heavy atom. The number of ether oxygens (including phenoxy) is 1. The van der Waals surface area contributed by atoms with Crippen LogP contribution in [0.4, 0.5) is 0 Å². The average molecular weight is 627 g/mol.